The summed E-state index contributed by atoms with van der Waals surface area (Å²) in [6, 6.07) is 11.2. The summed E-state index contributed by atoms with van der Waals surface area (Å²) in [5.74, 6) is -1.12. The lowest BCUT2D eigenvalue weighted by atomic mass is 9.95. The third-order valence-corrected chi connectivity index (χ3v) is 5.36. The van der Waals surface area contributed by atoms with Crippen LogP contribution < -0.4 is 10.2 Å². The van der Waals surface area contributed by atoms with E-state index < -0.39 is 23.2 Å². The number of nitrogens with zero attached hydrogens (tertiary/aromatic N) is 2. The molecule has 0 aromatic heterocycles. The van der Waals surface area contributed by atoms with E-state index in [1.54, 1.807) is 6.07 Å². The zero-order chi connectivity index (χ0) is 24.6. The molecular formula is C24H26F3N3O4. The van der Waals surface area contributed by atoms with E-state index in [2.05, 4.69) is 10.2 Å². The number of amides is 1. The number of anilines is 1. The number of hydrogen-bond acceptors (Lipinski definition) is 6. The SMILES string of the molecule is N#C/C(C(=O)NCCOCCOCCO)=C(\c1ccc2cccc(N3CCC3)c2c1)C(F)(F)F. The Morgan fingerprint density at radius 3 is 2.47 bits per heavy atom. The molecule has 2 aromatic carbocycles. The van der Waals surface area contributed by atoms with Gasteiger partial charge < -0.3 is 24.8 Å². The van der Waals surface area contributed by atoms with Gasteiger partial charge in [-0.25, -0.2) is 0 Å². The van der Waals surface area contributed by atoms with Gasteiger partial charge in [0.05, 0.1) is 38.6 Å². The van der Waals surface area contributed by atoms with Gasteiger partial charge in [-0.15, -0.1) is 0 Å². The third kappa shape index (κ3) is 6.26. The van der Waals surface area contributed by atoms with Crippen LogP contribution in [0.25, 0.3) is 16.3 Å². The van der Waals surface area contributed by atoms with Crippen LogP contribution >= 0.6 is 0 Å². The molecule has 1 amide bonds. The standard InChI is InChI=1S/C24H26F3N3O4/c25-24(26,27)22(20(16-28)23(32)29-7-11-33-13-14-34-12-10-31)18-6-5-17-3-1-4-21(19(17)15-18)30-8-2-9-30/h1,3-6,15,31H,2,7-14H2,(H,29,32)/b22-20-. The fourth-order valence-corrected chi connectivity index (χ4v) is 3.63. The highest BCUT2D eigenvalue weighted by Gasteiger charge is 2.39. The van der Waals surface area contributed by atoms with E-state index in [1.807, 2.05) is 18.2 Å². The number of benzene rings is 2. The van der Waals surface area contributed by atoms with Crippen LogP contribution in [0.4, 0.5) is 18.9 Å². The number of halogens is 3. The number of carbonyl (C=O) groups excluding carboxylic acids is 1. The van der Waals surface area contributed by atoms with Gasteiger partial charge in [0.15, 0.2) is 0 Å². The van der Waals surface area contributed by atoms with Gasteiger partial charge in [0, 0.05) is 30.7 Å². The highest BCUT2D eigenvalue weighted by molar-refractivity contribution is 6.07. The molecule has 2 aromatic rings. The van der Waals surface area contributed by atoms with E-state index >= 15 is 0 Å². The molecule has 0 atom stereocenters. The Labute approximate surface area is 195 Å². The fraction of sp³-hybridized carbons (Fsp3) is 0.417. The average molecular weight is 477 g/mol. The van der Waals surface area contributed by atoms with Crippen molar-refractivity contribution >= 4 is 27.9 Å². The second-order valence-corrected chi connectivity index (χ2v) is 7.62. The van der Waals surface area contributed by atoms with E-state index in [9.17, 15) is 23.2 Å². The summed E-state index contributed by atoms with van der Waals surface area (Å²) in [4.78, 5) is 14.6. The Morgan fingerprint density at radius 1 is 1.12 bits per heavy atom. The second-order valence-electron chi connectivity index (χ2n) is 7.62. The van der Waals surface area contributed by atoms with Crippen LogP contribution in [0.15, 0.2) is 42.0 Å². The Hall–Kier alpha value is -3.13. The maximum atomic E-state index is 14.1. The molecule has 0 aliphatic carbocycles. The number of rotatable bonds is 11. The minimum Gasteiger partial charge on any atom is -0.394 e. The normalized spacial score (nSPS) is 14.4. The van der Waals surface area contributed by atoms with Crippen molar-refractivity contribution in [3.05, 3.63) is 47.5 Å². The lowest BCUT2D eigenvalue weighted by Crippen LogP contribution is -2.37. The summed E-state index contributed by atoms with van der Waals surface area (Å²) in [6.45, 7) is 2.09. The molecule has 3 rings (SSSR count). The first-order valence-electron chi connectivity index (χ1n) is 10.9. The van der Waals surface area contributed by atoms with Gasteiger partial charge in [-0.3, -0.25) is 4.79 Å². The van der Waals surface area contributed by atoms with Gasteiger partial charge >= 0.3 is 6.18 Å². The zero-order valence-corrected chi connectivity index (χ0v) is 18.5. The quantitative estimate of drug-likeness (QED) is 0.294. The van der Waals surface area contributed by atoms with Gasteiger partial charge in [-0.05, 0) is 29.5 Å². The molecule has 34 heavy (non-hydrogen) atoms. The largest absolute Gasteiger partial charge is 0.418 e. The van der Waals surface area contributed by atoms with Crippen LogP contribution in [-0.4, -0.2) is 69.9 Å². The topological polar surface area (TPSA) is 94.8 Å². The van der Waals surface area contributed by atoms with Crippen molar-refractivity contribution in [1.82, 2.24) is 5.32 Å². The molecule has 2 N–H and O–H groups in total. The number of aliphatic hydroxyl groups excluding tert-OH is 1. The average Bonchev–Trinajstić information content (AvgIpc) is 2.77. The predicted octanol–water partition coefficient (Wildman–Crippen LogP) is 3.03. The van der Waals surface area contributed by atoms with Crippen molar-refractivity contribution in [2.24, 2.45) is 0 Å². The van der Waals surface area contributed by atoms with E-state index in [4.69, 9.17) is 14.6 Å². The lowest BCUT2D eigenvalue weighted by molar-refractivity contribution is -0.117. The summed E-state index contributed by atoms with van der Waals surface area (Å²) in [6.07, 6.45) is -3.90. The Balaban J connectivity index is 1.82. The fourth-order valence-electron chi connectivity index (χ4n) is 3.63. The van der Waals surface area contributed by atoms with E-state index in [0.29, 0.717) is 5.39 Å². The third-order valence-electron chi connectivity index (χ3n) is 5.36. The number of fused-ring (bicyclic) bond motifs is 1. The van der Waals surface area contributed by atoms with Crippen molar-refractivity contribution in [3.63, 3.8) is 0 Å². The molecule has 1 saturated heterocycles. The monoisotopic (exact) mass is 477 g/mol. The molecule has 182 valence electrons. The minimum atomic E-state index is -4.91. The first-order valence-corrected chi connectivity index (χ1v) is 10.9. The van der Waals surface area contributed by atoms with Crippen LogP contribution in [-0.2, 0) is 14.3 Å². The van der Waals surface area contributed by atoms with Gasteiger partial charge in [-0.1, -0.05) is 24.3 Å². The predicted molar refractivity (Wildman–Crippen MR) is 121 cm³/mol. The highest BCUT2D eigenvalue weighted by Crippen LogP contribution is 2.39. The van der Waals surface area contributed by atoms with Gasteiger partial charge in [0.25, 0.3) is 5.91 Å². The van der Waals surface area contributed by atoms with Crippen molar-refractivity contribution in [2.45, 2.75) is 12.6 Å². The summed E-state index contributed by atoms with van der Waals surface area (Å²) >= 11 is 0. The number of alkyl halides is 3. The van der Waals surface area contributed by atoms with Crippen LogP contribution in [0.5, 0.6) is 0 Å². The second kappa shape index (κ2) is 11.8. The van der Waals surface area contributed by atoms with Gasteiger partial charge in [-0.2, -0.15) is 18.4 Å². The Morgan fingerprint density at radius 2 is 1.85 bits per heavy atom. The van der Waals surface area contributed by atoms with Crippen molar-refractivity contribution in [3.8, 4) is 6.07 Å². The maximum absolute atomic E-state index is 14.1. The summed E-state index contributed by atoms with van der Waals surface area (Å²) in [5.41, 5.74) is -1.68. The van der Waals surface area contributed by atoms with E-state index in [1.165, 1.54) is 18.2 Å². The number of aliphatic hydroxyl groups is 1. The van der Waals surface area contributed by atoms with E-state index in [0.717, 1.165) is 30.6 Å². The van der Waals surface area contributed by atoms with Crippen molar-refractivity contribution in [1.29, 1.82) is 5.26 Å². The number of nitriles is 1. The molecule has 0 spiro atoms. The molecule has 0 unspecified atom stereocenters. The van der Waals surface area contributed by atoms with E-state index in [-0.39, 0.29) is 45.1 Å². The lowest BCUT2D eigenvalue weighted by Gasteiger charge is -2.34. The minimum absolute atomic E-state index is 0.0312. The van der Waals surface area contributed by atoms with Crippen LogP contribution in [0.1, 0.15) is 12.0 Å². The molecule has 0 saturated carbocycles. The van der Waals surface area contributed by atoms with Crippen LogP contribution in [0, 0.1) is 11.3 Å². The van der Waals surface area contributed by atoms with Crippen LogP contribution in [0.2, 0.25) is 0 Å². The molecule has 1 aliphatic rings. The van der Waals surface area contributed by atoms with Gasteiger partial charge in [0.2, 0.25) is 0 Å². The number of nitrogens with one attached hydrogen (secondary N) is 1. The summed E-state index contributed by atoms with van der Waals surface area (Å²) in [5, 5.41) is 21.8. The first-order chi connectivity index (χ1) is 16.4. The molecule has 0 bridgehead atoms. The number of hydrogen-bond donors (Lipinski definition) is 2. The highest BCUT2D eigenvalue weighted by atomic mass is 19.4. The maximum Gasteiger partial charge on any atom is 0.418 e. The number of ether oxygens (including phenoxy) is 2. The molecule has 10 heteroatoms. The summed E-state index contributed by atoms with van der Waals surface area (Å²) < 4.78 is 52.4. The molecular weight excluding hydrogens is 451 g/mol. The molecule has 0 radical (unpaired) electrons. The molecule has 1 heterocycles. The Kier molecular flexibility index (Phi) is 8.87. The van der Waals surface area contributed by atoms with Crippen molar-refractivity contribution in [2.75, 3.05) is 57.6 Å². The first kappa shape index (κ1) is 25.5. The smallest absolute Gasteiger partial charge is 0.394 e. The van der Waals surface area contributed by atoms with Gasteiger partial charge in [0.1, 0.15) is 11.6 Å². The number of carbonyl (C=O) groups is 1. The van der Waals surface area contributed by atoms with Crippen molar-refractivity contribution < 1.29 is 32.5 Å². The molecule has 1 aliphatic heterocycles. The molecule has 1 fully saturated rings. The zero-order valence-electron chi connectivity index (χ0n) is 18.5. The Bertz CT molecular complexity index is 1080. The summed E-state index contributed by atoms with van der Waals surface area (Å²) in [7, 11) is 0. The molecule has 7 nitrogen and oxygen atoms in total. The number of allylic oxidation sites excluding steroid dienone is 1. The van der Waals surface area contributed by atoms with Crippen LogP contribution in [0.3, 0.4) is 0 Å².